The van der Waals surface area contributed by atoms with Crippen LogP contribution in [0.25, 0.3) is 0 Å². The van der Waals surface area contributed by atoms with Crippen LogP contribution in [0.3, 0.4) is 0 Å². The van der Waals surface area contributed by atoms with Crippen molar-refractivity contribution in [2.75, 3.05) is 32.3 Å². The predicted octanol–water partition coefficient (Wildman–Crippen LogP) is 4.94. The molecule has 0 saturated carbocycles. The summed E-state index contributed by atoms with van der Waals surface area (Å²) < 4.78 is 62.8. The molecule has 1 heterocycles. The van der Waals surface area contributed by atoms with Crippen LogP contribution in [0, 0.1) is 10.1 Å². The zero-order valence-corrected chi connectivity index (χ0v) is 22.8. The number of halogens is 4. The summed E-state index contributed by atoms with van der Waals surface area (Å²) in [7, 11) is 0.884. The zero-order chi connectivity index (χ0) is 29.4. The Morgan fingerprint density at radius 1 is 1.00 bits per heavy atom. The number of non-ortho nitro benzene ring substituents is 1. The lowest BCUT2D eigenvalue weighted by Crippen LogP contribution is -2.38. The molecule has 40 heavy (non-hydrogen) atoms. The van der Waals surface area contributed by atoms with Gasteiger partial charge in [0.1, 0.15) is 30.4 Å². The van der Waals surface area contributed by atoms with Gasteiger partial charge in [0.05, 0.1) is 35.7 Å². The maximum absolute atomic E-state index is 14.0. The van der Waals surface area contributed by atoms with Crippen molar-refractivity contribution in [3.63, 3.8) is 0 Å². The van der Waals surface area contributed by atoms with E-state index in [4.69, 9.17) is 14.2 Å². The first-order valence-electron chi connectivity index (χ1n) is 11.7. The molecule has 214 valence electrons. The van der Waals surface area contributed by atoms with Crippen LogP contribution in [-0.2, 0) is 19.1 Å². The van der Waals surface area contributed by atoms with E-state index in [1.807, 2.05) is 0 Å². The molecule has 10 nitrogen and oxygen atoms in total. The SMILES string of the molecule is COC(=O)C1=C(C(F)(F)F)NC(C)=C(C(=O)OCCOc2ccc(OCCBr)cc2)C1c1cccc([N+](=O)[O-])c1. The molecule has 0 fully saturated rings. The number of nitrogens with one attached hydrogen (secondary N) is 1. The quantitative estimate of drug-likeness (QED) is 0.121. The van der Waals surface area contributed by atoms with E-state index >= 15 is 0 Å². The summed E-state index contributed by atoms with van der Waals surface area (Å²) in [4.78, 5) is 36.4. The number of nitrogens with zero attached hydrogens (tertiary/aromatic N) is 1. The van der Waals surface area contributed by atoms with Gasteiger partial charge in [-0.2, -0.15) is 13.2 Å². The smallest absolute Gasteiger partial charge is 0.431 e. The summed E-state index contributed by atoms with van der Waals surface area (Å²) in [5.74, 6) is -3.01. The molecular formula is C26H24BrF3N2O8. The summed E-state index contributed by atoms with van der Waals surface area (Å²) in [5.41, 5.74) is -3.54. The Morgan fingerprint density at radius 2 is 1.62 bits per heavy atom. The number of nitro groups is 1. The number of rotatable bonds is 11. The number of carbonyl (C=O) groups is 2. The summed E-state index contributed by atoms with van der Waals surface area (Å²) in [6.45, 7) is 1.30. The molecule has 2 aromatic rings. The van der Waals surface area contributed by atoms with Crippen LogP contribution >= 0.6 is 15.9 Å². The molecule has 2 aromatic carbocycles. The largest absolute Gasteiger partial charge is 0.493 e. The first-order valence-corrected chi connectivity index (χ1v) is 12.8. The Bertz CT molecular complexity index is 1330. The third-order valence-corrected chi connectivity index (χ3v) is 5.96. The van der Waals surface area contributed by atoms with Crippen LogP contribution in [0.2, 0.25) is 0 Å². The van der Waals surface area contributed by atoms with Crippen molar-refractivity contribution in [2.24, 2.45) is 0 Å². The van der Waals surface area contributed by atoms with E-state index in [-0.39, 0.29) is 30.0 Å². The Kier molecular flexibility index (Phi) is 10.2. The average molecular weight is 629 g/mol. The number of hydrogen-bond donors (Lipinski definition) is 1. The number of nitro benzene ring substituents is 1. The highest BCUT2D eigenvalue weighted by Gasteiger charge is 2.47. The van der Waals surface area contributed by atoms with Gasteiger partial charge in [-0.25, -0.2) is 9.59 Å². The van der Waals surface area contributed by atoms with Crippen molar-refractivity contribution < 1.29 is 46.6 Å². The van der Waals surface area contributed by atoms with E-state index in [2.05, 4.69) is 26.0 Å². The minimum atomic E-state index is -5.04. The third-order valence-electron chi connectivity index (χ3n) is 5.64. The number of hydrogen-bond acceptors (Lipinski definition) is 9. The number of allylic oxidation sites excluding steroid dienone is 2. The van der Waals surface area contributed by atoms with Crippen molar-refractivity contribution in [3.05, 3.63) is 86.7 Å². The summed E-state index contributed by atoms with van der Waals surface area (Å²) in [5, 5.41) is 14.1. The fraction of sp³-hybridized carbons (Fsp3) is 0.308. The zero-order valence-electron chi connectivity index (χ0n) is 21.2. The van der Waals surface area contributed by atoms with E-state index in [1.165, 1.54) is 19.1 Å². The Hall–Kier alpha value is -4.07. The van der Waals surface area contributed by atoms with Crippen molar-refractivity contribution in [1.29, 1.82) is 0 Å². The molecule has 14 heteroatoms. The fourth-order valence-corrected chi connectivity index (χ4v) is 4.13. The fourth-order valence-electron chi connectivity index (χ4n) is 3.96. The second kappa shape index (κ2) is 13.3. The molecule has 0 bridgehead atoms. The van der Waals surface area contributed by atoms with E-state index in [9.17, 15) is 32.9 Å². The van der Waals surface area contributed by atoms with E-state index in [0.717, 1.165) is 19.2 Å². The summed E-state index contributed by atoms with van der Waals surface area (Å²) in [6.07, 6.45) is -5.04. The van der Waals surface area contributed by atoms with Crippen LogP contribution in [0.1, 0.15) is 18.4 Å². The normalized spacial score (nSPS) is 15.3. The van der Waals surface area contributed by atoms with Gasteiger partial charge in [-0.3, -0.25) is 10.1 Å². The molecule has 0 spiro atoms. The molecule has 1 unspecified atom stereocenters. The number of carbonyl (C=O) groups excluding carboxylic acids is 2. The minimum Gasteiger partial charge on any atom is -0.493 e. The molecule has 1 aliphatic rings. The Labute approximate surface area is 235 Å². The molecule has 3 rings (SSSR count). The Balaban J connectivity index is 1.87. The molecule has 1 atom stereocenters. The van der Waals surface area contributed by atoms with Gasteiger partial charge in [0, 0.05) is 23.2 Å². The second-order valence-corrected chi connectivity index (χ2v) is 9.01. The molecular weight excluding hydrogens is 605 g/mol. The number of dihydropyridines is 1. The third kappa shape index (κ3) is 7.31. The molecule has 1 N–H and O–H groups in total. The first-order chi connectivity index (χ1) is 19.0. The lowest BCUT2D eigenvalue weighted by atomic mass is 9.80. The van der Waals surface area contributed by atoms with Crippen molar-refractivity contribution in [1.82, 2.24) is 5.32 Å². The minimum absolute atomic E-state index is 0.0952. The highest BCUT2D eigenvalue weighted by atomic mass is 79.9. The van der Waals surface area contributed by atoms with Crippen LogP contribution in [0.5, 0.6) is 11.5 Å². The van der Waals surface area contributed by atoms with Crippen LogP contribution in [0.4, 0.5) is 18.9 Å². The topological polar surface area (TPSA) is 126 Å². The number of ether oxygens (including phenoxy) is 4. The summed E-state index contributed by atoms with van der Waals surface area (Å²) >= 11 is 3.26. The monoisotopic (exact) mass is 628 g/mol. The van der Waals surface area contributed by atoms with Gasteiger partial charge in [-0.05, 0) is 36.8 Å². The number of alkyl halides is 4. The van der Waals surface area contributed by atoms with Gasteiger partial charge in [0.15, 0.2) is 0 Å². The molecule has 0 aliphatic carbocycles. The van der Waals surface area contributed by atoms with Gasteiger partial charge in [-0.1, -0.05) is 28.1 Å². The van der Waals surface area contributed by atoms with E-state index in [1.54, 1.807) is 24.3 Å². The number of benzene rings is 2. The second-order valence-electron chi connectivity index (χ2n) is 8.22. The molecule has 0 aromatic heterocycles. The first kappa shape index (κ1) is 30.5. The molecule has 1 aliphatic heterocycles. The highest BCUT2D eigenvalue weighted by Crippen LogP contribution is 2.43. The van der Waals surface area contributed by atoms with Gasteiger partial charge >= 0.3 is 18.1 Å². The maximum Gasteiger partial charge on any atom is 0.431 e. The lowest BCUT2D eigenvalue weighted by molar-refractivity contribution is -0.384. The van der Waals surface area contributed by atoms with Crippen molar-refractivity contribution >= 4 is 33.6 Å². The van der Waals surface area contributed by atoms with Crippen molar-refractivity contribution in [3.8, 4) is 11.5 Å². The lowest BCUT2D eigenvalue weighted by Gasteiger charge is -2.31. The van der Waals surface area contributed by atoms with Gasteiger partial charge in [0.25, 0.3) is 5.69 Å². The van der Waals surface area contributed by atoms with Crippen molar-refractivity contribution in [2.45, 2.75) is 19.0 Å². The van der Waals surface area contributed by atoms with Gasteiger partial charge in [0.2, 0.25) is 0 Å². The predicted molar refractivity (Wildman–Crippen MR) is 139 cm³/mol. The van der Waals surface area contributed by atoms with Crippen LogP contribution in [0.15, 0.2) is 71.1 Å². The molecule has 0 radical (unpaired) electrons. The maximum atomic E-state index is 14.0. The van der Waals surface area contributed by atoms with Gasteiger partial charge < -0.3 is 24.3 Å². The highest BCUT2D eigenvalue weighted by molar-refractivity contribution is 9.09. The van der Waals surface area contributed by atoms with Crippen LogP contribution in [-0.4, -0.2) is 55.3 Å². The van der Waals surface area contributed by atoms with Crippen LogP contribution < -0.4 is 14.8 Å². The Morgan fingerprint density at radius 3 is 2.17 bits per heavy atom. The molecule has 0 amide bonds. The number of esters is 2. The molecule has 0 saturated heterocycles. The standard InChI is InChI=1S/C26H24BrF3N2O8/c1-15-20(25(34)40-13-12-39-19-8-6-18(7-9-19)38-11-10-27)21(16-4-3-5-17(14-16)32(35)36)22(24(33)37-2)23(31-15)26(28,29)30/h3-9,14,21,31H,10-13H2,1-2H3. The van der Waals surface area contributed by atoms with Gasteiger partial charge in [-0.15, -0.1) is 0 Å². The summed E-state index contributed by atoms with van der Waals surface area (Å²) in [6, 6.07) is 11.3. The van der Waals surface area contributed by atoms with E-state index < -0.39 is 45.9 Å². The number of methoxy groups -OCH3 is 1. The average Bonchev–Trinajstić information content (AvgIpc) is 2.93. The van der Waals surface area contributed by atoms with E-state index in [0.29, 0.717) is 23.4 Å².